The number of carbonyl (C=O) groups is 2. The van der Waals surface area contributed by atoms with Crippen LogP contribution < -0.4 is 5.73 Å². The van der Waals surface area contributed by atoms with Crippen molar-refractivity contribution in [2.75, 3.05) is 45.6 Å². The van der Waals surface area contributed by atoms with Crippen molar-refractivity contribution in [3.8, 4) is 0 Å². The summed E-state index contributed by atoms with van der Waals surface area (Å²) in [5.41, 5.74) is 5.61. The van der Waals surface area contributed by atoms with E-state index in [-0.39, 0.29) is 29.7 Å². The van der Waals surface area contributed by atoms with E-state index in [1.54, 1.807) is 7.11 Å². The van der Waals surface area contributed by atoms with Crippen LogP contribution in [0.5, 0.6) is 0 Å². The summed E-state index contributed by atoms with van der Waals surface area (Å²) in [6.07, 6.45) is 3.32. The number of carbonyl (C=O) groups excluding carboxylic acids is 2. The zero-order valence-electron chi connectivity index (χ0n) is 14.6. The fraction of sp³-hybridized carbons (Fsp3) is 0.800. The number of piperidine rings is 2. The van der Waals surface area contributed by atoms with Crippen LogP contribution in [0.25, 0.3) is 0 Å². The molecule has 3 heterocycles. The minimum Gasteiger partial charge on any atom is -0.383 e. The van der Waals surface area contributed by atoms with Crippen LogP contribution in [0.2, 0.25) is 0 Å². The molecule has 2 aliphatic rings. The maximum Gasteiger partial charge on any atom is 0.244 e. The Kier molecular flexibility index (Phi) is 5.16. The number of tetrazole rings is 1. The lowest BCUT2D eigenvalue weighted by Crippen LogP contribution is -2.55. The van der Waals surface area contributed by atoms with Gasteiger partial charge in [0, 0.05) is 45.1 Å². The molecule has 0 radical (unpaired) electrons. The van der Waals surface area contributed by atoms with Gasteiger partial charge in [-0.2, -0.15) is 0 Å². The highest BCUT2D eigenvalue weighted by Gasteiger charge is 2.42. The van der Waals surface area contributed by atoms with Gasteiger partial charge < -0.3 is 20.3 Å². The monoisotopic (exact) mass is 351 g/mol. The number of methoxy groups -OCH3 is 1. The number of nitrogen functional groups attached to an aromatic ring is 1. The number of hydrogen-bond acceptors (Lipinski definition) is 7. The van der Waals surface area contributed by atoms with Crippen molar-refractivity contribution in [2.45, 2.75) is 32.2 Å². The molecule has 10 heteroatoms. The summed E-state index contributed by atoms with van der Waals surface area (Å²) in [5.74, 6) is 0.264. The summed E-state index contributed by atoms with van der Waals surface area (Å²) in [6, 6.07) is 0. The van der Waals surface area contributed by atoms with Crippen LogP contribution in [0.15, 0.2) is 0 Å². The van der Waals surface area contributed by atoms with Gasteiger partial charge in [0.1, 0.15) is 6.54 Å². The lowest BCUT2D eigenvalue weighted by molar-refractivity contribution is -0.144. The third-order valence-corrected chi connectivity index (χ3v) is 5.17. The summed E-state index contributed by atoms with van der Waals surface area (Å²) in [4.78, 5) is 28.5. The number of rotatable bonds is 5. The lowest BCUT2D eigenvalue weighted by Gasteiger charge is -2.48. The molecule has 138 valence electrons. The van der Waals surface area contributed by atoms with Crippen molar-refractivity contribution < 1.29 is 14.3 Å². The van der Waals surface area contributed by atoms with Crippen molar-refractivity contribution in [1.29, 1.82) is 0 Å². The van der Waals surface area contributed by atoms with Crippen molar-refractivity contribution in [1.82, 2.24) is 30.0 Å². The highest BCUT2D eigenvalue weighted by molar-refractivity contribution is 5.78. The van der Waals surface area contributed by atoms with Crippen molar-refractivity contribution in [2.24, 2.45) is 5.41 Å². The molecular weight excluding hydrogens is 326 g/mol. The summed E-state index contributed by atoms with van der Waals surface area (Å²) in [7, 11) is 1.63. The van der Waals surface area contributed by atoms with E-state index in [0.717, 1.165) is 19.3 Å². The van der Waals surface area contributed by atoms with E-state index in [9.17, 15) is 9.59 Å². The largest absolute Gasteiger partial charge is 0.383 e. The second kappa shape index (κ2) is 7.34. The molecule has 1 unspecified atom stereocenters. The standard InChI is InChI=1S/C15H25N7O3/c1-25-8-7-21-11-15(5-3-12(21)23)4-2-6-20(10-15)13(24)9-22-14(16)17-18-19-22/h2-11H2,1H3,(H2,16,17,19). The number of nitrogens with two attached hydrogens (primary N) is 1. The molecule has 1 spiro atoms. The molecule has 0 bridgehead atoms. The van der Waals surface area contributed by atoms with E-state index in [4.69, 9.17) is 10.5 Å². The third kappa shape index (κ3) is 3.89. The zero-order valence-corrected chi connectivity index (χ0v) is 14.6. The van der Waals surface area contributed by atoms with E-state index in [1.807, 2.05) is 9.80 Å². The minimum atomic E-state index is -0.0431. The molecule has 0 aromatic carbocycles. The zero-order chi connectivity index (χ0) is 17.9. The average Bonchev–Trinajstić information content (AvgIpc) is 3.01. The summed E-state index contributed by atoms with van der Waals surface area (Å²) in [6.45, 7) is 3.24. The molecule has 25 heavy (non-hydrogen) atoms. The van der Waals surface area contributed by atoms with Gasteiger partial charge in [-0.25, -0.2) is 4.68 Å². The van der Waals surface area contributed by atoms with Gasteiger partial charge in [0.25, 0.3) is 0 Å². The summed E-state index contributed by atoms with van der Waals surface area (Å²) >= 11 is 0. The maximum atomic E-state index is 12.6. The Morgan fingerprint density at radius 3 is 2.92 bits per heavy atom. The molecule has 1 aromatic rings. The Morgan fingerprint density at radius 2 is 2.20 bits per heavy atom. The van der Waals surface area contributed by atoms with Crippen LogP contribution in [-0.4, -0.2) is 81.7 Å². The number of likely N-dealkylation sites (tertiary alicyclic amines) is 2. The molecule has 2 amide bonds. The van der Waals surface area contributed by atoms with Gasteiger partial charge in [-0.05, 0) is 29.7 Å². The van der Waals surface area contributed by atoms with Crippen LogP contribution in [0, 0.1) is 5.41 Å². The van der Waals surface area contributed by atoms with Crippen LogP contribution in [0.4, 0.5) is 5.95 Å². The number of amides is 2. The summed E-state index contributed by atoms with van der Waals surface area (Å²) < 4.78 is 6.41. The molecule has 1 atom stereocenters. The quantitative estimate of drug-likeness (QED) is 0.732. The number of anilines is 1. The highest BCUT2D eigenvalue weighted by atomic mass is 16.5. The lowest BCUT2D eigenvalue weighted by atomic mass is 9.73. The first-order valence-electron chi connectivity index (χ1n) is 8.59. The topological polar surface area (TPSA) is 119 Å². The number of aromatic nitrogens is 4. The van der Waals surface area contributed by atoms with E-state index in [0.29, 0.717) is 39.2 Å². The van der Waals surface area contributed by atoms with Gasteiger partial charge in [0.15, 0.2) is 0 Å². The first-order chi connectivity index (χ1) is 12.0. The first-order valence-corrected chi connectivity index (χ1v) is 8.59. The molecule has 10 nitrogen and oxygen atoms in total. The second-order valence-electron chi connectivity index (χ2n) is 6.92. The maximum absolute atomic E-state index is 12.6. The van der Waals surface area contributed by atoms with E-state index < -0.39 is 0 Å². The molecule has 3 rings (SSSR count). The minimum absolute atomic E-state index is 0.0261. The molecule has 2 saturated heterocycles. The Hall–Kier alpha value is -2.23. The molecular formula is C15H25N7O3. The molecule has 1 aromatic heterocycles. The van der Waals surface area contributed by atoms with E-state index in [2.05, 4.69) is 15.5 Å². The van der Waals surface area contributed by atoms with E-state index in [1.165, 1.54) is 4.68 Å². The first kappa shape index (κ1) is 17.6. The Morgan fingerprint density at radius 1 is 1.36 bits per heavy atom. The van der Waals surface area contributed by atoms with Crippen LogP contribution in [0.3, 0.4) is 0 Å². The van der Waals surface area contributed by atoms with Gasteiger partial charge in [-0.15, -0.1) is 0 Å². The molecule has 0 saturated carbocycles. The van der Waals surface area contributed by atoms with Crippen LogP contribution >= 0.6 is 0 Å². The van der Waals surface area contributed by atoms with Crippen molar-refractivity contribution in [3.05, 3.63) is 0 Å². The van der Waals surface area contributed by atoms with Crippen molar-refractivity contribution in [3.63, 3.8) is 0 Å². The average molecular weight is 351 g/mol. The van der Waals surface area contributed by atoms with Crippen molar-refractivity contribution >= 4 is 17.8 Å². The highest BCUT2D eigenvalue weighted by Crippen LogP contribution is 2.38. The Labute approximate surface area is 146 Å². The molecule has 2 aliphatic heterocycles. The Balaban J connectivity index is 1.64. The summed E-state index contributed by atoms with van der Waals surface area (Å²) in [5, 5.41) is 10.8. The number of ether oxygens (including phenoxy) is 1. The predicted molar refractivity (Wildman–Crippen MR) is 88.2 cm³/mol. The van der Waals surface area contributed by atoms with E-state index >= 15 is 0 Å². The Bertz CT molecular complexity index is 634. The van der Waals surface area contributed by atoms with Gasteiger partial charge in [-0.1, -0.05) is 5.10 Å². The molecule has 2 N–H and O–H groups in total. The van der Waals surface area contributed by atoms with Gasteiger partial charge in [0.2, 0.25) is 17.8 Å². The SMILES string of the molecule is COCCN1CC2(CCCN(C(=O)Cn3nnnc3N)C2)CCC1=O. The number of hydrogen-bond donors (Lipinski definition) is 1. The second-order valence-corrected chi connectivity index (χ2v) is 6.92. The van der Waals surface area contributed by atoms with Gasteiger partial charge in [0.05, 0.1) is 6.61 Å². The smallest absolute Gasteiger partial charge is 0.244 e. The predicted octanol–water partition coefficient (Wildman–Crippen LogP) is -0.867. The van der Waals surface area contributed by atoms with Crippen LogP contribution in [-0.2, 0) is 20.9 Å². The number of nitrogens with zero attached hydrogens (tertiary/aromatic N) is 6. The third-order valence-electron chi connectivity index (χ3n) is 5.17. The van der Waals surface area contributed by atoms with Gasteiger partial charge >= 0.3 is 0 Å². The molecule has 0 aliphatic carbocycles. The fourth-order valence-electron chi connectivity index (χ4n) is 3.81. The van der Waals surface area contributed by atoms with Crippen LogP contribution in [0.1, 0.15) is 25.7 Å². The fourth-order valence-corrected chi connectivity index (χ4v) is 3.81. The normalized spacial score (nSPS) is 24.1. The molecule has 2 fully saturated rings. The van der Waals surface area contributed by atoms with Gasteiger partial charge in [-0.3, -0.25) is 9.59 Å².